The molecule has 2 amide bonds. The maximum atomic E-state index is 14.1. The Morgan fingerprint density at radius 1 is 1.07 bits per heavy atom. The van der Waals surface area contributed by atoms with Crippen molar-refractivity contribution >= 4 is 40.7 Å². The fourth-order valence-corrected chi connectivity index (χ4v) is 4.77. The van der Waals surface area contributed by atoms with Crippen LogP contribution >= 0.6 is 23.2 Å². The predicted molar refractivity (Wildman–Crippen MR) is 148 cm³/mol. The molecule has 4 aromatic rings. The molecule has 1 aliphatic rings. The van der Waals surface area contributed by atoms with Crippen LogP contribution in [0.3, 0.4) is 0 Å². The lowest BCUT2D eigenvalue weighted by Crippen LogP contribution is -2.46. The Hall–Kier alpha value is -3.93. The standard InChI is InChI=1S/C28H24Cl2F2N6O3/c29-19-7-3-17(4-8-19)26(28(40)33-15-22-2-1-13-41-22)38(21-11-12-24(32)23(30)14-21)25(39)16-37-35-27(34-36-37)18-5-9-20(31)10-6-18/h3-12,14,22,26H,1-2,13,15-16H2,(H,33,40)/t22-,26-/m0/s1. The van der Waals surface area contributed by atoms with Crippen LogP contribution in [0.5, 0.6) is 0 Å². The van der Waals surface area contributed by atoms with E-state index in [1.165, 1.54) is 41.3 Å². The van der Waals surface area contributed by atoms with E-state index in [4.69, 9.17) is 27.9 Å². The Labute approximate surface area is 244 Å². The topological polar surface area (TPSA) is 102 Å². The van der Waals surface area contributed by atoms with Crippen LogP contribution in [0.25, 0.3) is 11.4 Å². The van der Waals surface area contributed by atoms with Crippen LogP contribution in [0.15, 0.2) is 66.7 Å². The number of amides is 2. The van der Waals surface area contributed by atoms with Gasteiger partial charge in [-0.15, -0.1) is 10.2 Å². The Morgan fingerprint density at radius 3 is 2.51 bits per heavy atom. The van der Waals surface area contributed by atoms with Crippen LogP contribution < -0.4 is 10.2 Å². The zero-order chi connectivity index (χ0) is 28.9. The average molecular weight is 601 g/mol. The summed E-state index contributed by atoms with van der Waals surface area (Å²) in [4.78, 5) is 29.9. The van der Waals surface area contributed by atoms with Crippen molar-refractivity contribution in [3.8, 4) is 11.4 Å². The van der Waals surface area contributed by atoms with Crippen LogP contribution in [0.4, 0.5) is 14.5 Å². The monoisotopic (exact) mass is 600 g/mol. The summed E-state index contributed by atoms with van der Waals surface area (Å²) in [6, 6.07) is 14.5. The molecule has 1 N–H and O–H groups in total. The van der Waals surface area contributed by atoms with Gasteiger partial charge in [-0.2, -0.15) is 4.80 Å². The van der Waals surface area contributed by atoms with Crippen molar-refractivity contribution in [3.05, 3.63) is 94.0 Å². The Balaban J connectivity index is 1.49. The maximum absolute atomic E-state index is 14.1. The number of carbonyl (C=O) groups excluding carboxylic acids is 2. The predicted octanol–water partition coefficient (Wildman–Crippen LogP) is 4.99. The summed E-state index contributed by atoms with van der Waals surface area (Å²) >= 11 is 12.2. The minimum absolute atomic E-state index is 0.140. The Bertz CT molecular complexity index is 1530. The molecule has 212 valence electrons. The van der Waals surface area contributed by atoms with E-state index in [0.29, 0.717) is 22.8 Å². The highest BCUT2D eigenvalue weighted by atomic mass is 35.5. The number of hydrogen-bond acceptors (Lipinski definition) is 6. The maximum Gasteiger partial charge on any atom is 0.251 e. The summed E-state index contributed by atoms with van der Waals surface area (Å²) in [6.07, 6.45) is 1.56. The lowest BCUT2D eigenvalue weighted by Gasteiger charge is -2.32. The number of halogens is 4. The van der Waals surface area contributed by atoms with Gasteiger partial charge in [0.2, 0.25) is 11.7 Å². The summed E-state index contributed by atoms with van der Waals surface area (Å²) in [7, 11) is 0. The molecule has 9 nitrogen and oxygen atoms in total. The second-order valence-electron chi connectivity index (χ2n) is 9.35. The molecule has 1 fully saturated rings. The number of tetrazole rings is 1. The number of rotatable bonds is 9. The second kappa shape index (κ2) is 12.7. The molecule has 1 aliphatic heterocycles. The van der Waals surface area contributed by atoms with Crippen molar-refractivity contribution < 1.29 is 23.1 Å². The molecule has 0 unspecified atom stereocenters. The zero-order valence-electron chi connectivity index (χ0n) is 21.5. The van der Waals surface area contributed by atoms with E-state index in [0.717, 1.165) is 23.7 Å². The van der Waals surface area contributed by atoms with Crippen molar-refractivity contribution in [1.82, 2.24) is 25.5 Å². The molecular formula is C28H24Cl2F2N6O3. The summed E-state index contributed by atoms with van der Waals surface area (Å²) < 4.78 is 33.1. The highest BCUT2D eigenvalue weighted by Crippen LogP contribution is 2.32. The molecule has 0 spiro atoms. The third-order valence-electron chi connectivity index (χ3n) is 6.50. The van der Waals surface area contributed by atoms with Crippen LogP contribution in [-0.2, 0) is 20.9 Å². The van der Waals surface area contributed by atoms with E-state index in [-0.39, 0.29) is 29.2 Å². The molecule has 1 saturated heterocycles. The molecule has 0 radical (unpaired) electrons. The van der Waals surface area contributed by atoms with Crippen molar-refractivity contribution in [2.24, 2.45) is 0 Å². The fourth-order valence-electron chi connectivity index (χ4n) is 4.47. The van der Waals surface area contributed by atoms with Crippen molar-refractivity contribution in [2.75, 3.05) is 18.1 Å². The lowest BCUT2D eigenvalue weighted by atomic mass is 10.0. The van der Waals surface area contributed by atoms with E-state index in [1.54, 1.807) is 24.3 Å². The summed E-state index contributed by atoms with van der Waals surface area (Å²) in [5, 5.41) is 15.2. The van der Waals surface area contributed by atoms with E-state index in [1.807, 2.05) is 0 Å². The van der Waals surface area contributed by atoms with Gasteiger partial charge in [0.25, 0.3) is 5.91 Å². The number of hydrogen-bond donors (Lipinski definition) is 1. The van der Waals surface area contributed by atoms with Gasteiger partial charge in [0, 0.05) is 29.4 Å². The molecule has 0 bridgehead atoms. The molecule has 3 aromatic carbocycles. The molecule has 41 heavy (non-hydrogen) atoms. The highest BCUT2D eigenvalue weighted by Gasteiger charge is 2.34. The second-order valence-corrected chi connectivity index (χ2v) is 10.2. The number of ether oxygens (including phenoxy) is 1. The quantitative estimate of drug-likeness (QED) is 0.290. The van der Waals surface area contributed by atoms with E-state index >= 15 is 0 Å². The van der Waals surface area contributed by atoms with Gasteiger partial charge in [0.15, 0.2) is 0 Å². The SMILES string of the molecule is O=C(NC[C@@H]1CCCO1)[C@H](c1ccc(Cl)cc1)N(C(=O)Cn1nnc(-c2ccc(F)cc2)n1)c1ccc(F)c(Cl)c1. The fraction of sp³-hybridized carbons (Fsp3) is 0.250. The molecule has 13 heteroatoms. The zero-order valence-corrected chi connectivity index (χ0v) is 23.0. The van der Waals surface area contributed by atoms with Crippen LogP contribution in [0.1, 0.15) is 24.4 Å². The van der Waals surface area contributed by atoms with Crippen LogP contribution in [-0.4, -0.2) is 51.3 Å². The van der Waals surface area contributed by atoms with E-state index < -0.39 is 36.0 Å². The number of nitrogens with one attached hydrogen (secondary N) is 1. The Morgan fingerprint density at radius 2 is 1.83 bits per heavy atom. The molecule has 1 aromatic heterocycles. The van der Waals surface area contributed by atoms with Gasteiger partial charge in [-0.1, -0.05) is 35.3 Å². The van der Waals surface area contributed by atoms with E-state index in [9.17, 15) is 18.4 Å². The van der Waals surface area contributed by atoms with Crippen LogP contribution in [0, 0.1) is 11.6 Å². The largest absolute Gasteiger partial charge is 0.376 e. The summed E-state index contributed by atoms with van der Waals surface area (Å²) in [6.45, 7) is 0.442. The van der Waals surface area contributed by atoms with Gasteiger partial charge in [-0.25, -0.2) is 8.78 Å². The number of aromatic nitrogens is 4. The third-order valence-corrected chi connectivity index (χ3v) is 7.04. The molecule has 2 atom stereocenters. The minimum atomic E-state index is -1.19. The minimum Gasteiger partial charge on any atom is -0.376 e. The first kappa shape index (κ1) is 28.6. The molecular weight excluding hydrogens is 577 g/mol. The lowest BCUT2D eigenvalue weighted by molar-refractivity contribution is -0.127. The van der Waals surface area contributed by atoms with Gasteiger partial charge in [0.05, 0.1) is 11.1 Å². The first-order valence-corrected chi connectivity index (χ1v) is 13.5. The van der Waals surface area contributed by atoms with Crippen molar-refractivity contribution in [2.45, 2.75) is 31.5 Å². The number of carbonyl (C=O) groups is 2. The van der Waals surface area contributed by atoms with Gasteiger partial charge in [-0.05, 0) is 78.2 Å². The van der Waals surface area contributed by atoms with Gasteiger partial charge < -0.3 is 10.1 Å². The number of anilines is 1. The van der Waals surface area contributed by atoms with Crippen molar-refractivity contribution in [3.63, 3.8) is 0 Å². The van der Waals surface area contributed by atoms with Gasteiger partial charge in [0.1, 0.15) is 24.2 Å². The van der Waals surface area contributed by atoms with E-state index in [2.05, 4.69) is 20.7 Å². The summed E-state index contributed by atoms with van der Waals surface area (Å²) in [5.41, 5.74) is 1.12. The average Bonchev–Trinajstić information content (AvgIpc) is 3.66. The molecule has 2 heterocycles. The first-order valence-electron chi connectivity index (χ1n) is 12.7. The molecule has 0 aliphatic carbocycles. The number of nitrogens with zero attached hydrogens (tertiary/aromatic N) is 5. The van der Waals surface area contributed by atoms with Crippen LogP contribution in [0.2, 0.25) is 10.0 Å². The number of benzene rings is 3. The molecule has 5 rings (SSSR count). The first-order chi connectivity index (χ1) is 19.8. The molecule has 0 saturated carbocycles. The normalized spacial score (nSPS) is 15.5. The van der Waals surface area contributed by atoms with Crippen molar-refractivity contribution in [1.29, 1.82) is 0 Å². The van der Waals surface area contributed by atoms with Gasteiger partial charge >= 0.3 is 0 Å². The third kappa shape index (κ3) is 6.87. The highest BCUT2D eigenvalue weighted by molar-refractivity contribution is 6.31. The van der Waals surface area contributed by atoms with Gasteiger partial charge in [-0.3, -0.25) is 14.5 Å². The summed E-state index contributed by atoms with van der Waals surface area (Å²) in [5.74, 6) is -2.03. The Kier molecular flexibility index (Phi) is 8.87. The smallest absolute Gasteiger partial charge is 0.251 e.